The zero-order valence-electron chi connectivity index (χ0n) is 11.2. The molecule has 0 aromatic carbocycles. The fourth-order valence-electron chi connectivity index (χ4n) is 1.98. The van der Waals surface area contributed by atoms with Crippen molar-refractivity contribution >= 4 is 0 Å². The van der Waals surface area contributed by atoms with Crippen molar-refractivity contribution in [3.63, 3.8) is 0 Å². The van der Waals surface area contributed by atoms with E-state index in [0.29, 0.717) is 0 Å². The van der Waals surface area contributed by atoms with Crippen LogP contribution in [0.3, 0.4) is 0 Å². The number of rotatable bonds is 8. The lowest BCUT2D eigenvalue weighted by Crippen LogP contribution is -2.51. The summed E-state index contributed by atoms with van der Waals surface area (Å²) in [7, 11) is 0. The van der Waals surface area contributed by atoms with Crippen LogP contribution in [0.25, 0.3) is 0 Å². The molecule has 0 heterocycles. The molecule has 0 aromatic rings. The van der Waals surface area contributed by atoms with E-state index in [1.165, 1.54) is 0 Å². The second-order valence-electron chi connectivity index (χ2n) is 4.63. The SMILES string of the molecule is CCC(O)(CC)CNC(CC)(CC)CC. The van der Waals surface area contributed by atoms with Crippen molar-refractivity contribution in [3.05, 3.63) is 0 Å². The zero-order valence-corrected chi connectivity index (χ0v) is 11.2. The summed E-state index contributed by atoms with van der Waals surface area (Å²) in [6, 6.07) is 0. The Balaban J connectivity index is 4.32. The van der Waals surface area contributed by atoms with Gasteiger partial charge in [-0.15, -0.1) is 0 Å². The highest BCUT2D eigenvalue weighted by atomic mass is 16.3. The second kappa shape index (κ2) is 6.49. The van der Waals surface area contributed by atoms with Gasteiger partial charge in [-0.3, -0.25) is 0 Å². The van der Waals surface area contributed by atoms with E-state index in [4.69, 9.17) is 0 Å². The summed E-state index contributed by atoms with van der Waals surface area (Å²) in [6.07, 6.45) is 5.03. The minimum atomic E-state index is -0.523. The standard InChI is InChI=1S/C13H29NO/c1-6-12(7-2,8-3)14-11-13(15,9-4)10-5/h14-15H,6-11H2,1-5H3. The molecule has 0 fully saturated rings. The predicted octanol–water partition coefficient (Wildman–Crippen LogP) is 3.10. The highest BCUT2D eigenvalue weighted by Gasteiger charge is 2.28. The first kappa shape index (κ1) is 14.9. The van der Waals surface area contributed by atoms with Gasteiger partial charge in [0.1, 0.15) is 0 Å². The molecule has 0 bridgehead atoms. The Hall–Kier alpha value is -0.0800. The summed E-state index contributed by atoms with van der Waals surface area (Å²) in [5.41, 5.74) is -0.302. The Labute approximate surface area is 95.5 Å². The maximum Gasteiger partial charge on any atom is 0.0766 e. The van der Waals surface area contributed by atoms with Gasteiger partial charge in [0.2, 0.25) is 0 Å². The highest BCUT2D eigenvalue weighted by Crippen LogP contribution is 2.21. The topological polar surface area (TPSA) is 32.3 Å². The van der Waals surface area contributed by atoms with Crippen LogP contribution in [0.2, 0.25) is 0 Å². The third kappa shape index (κ3) is 4.12. The molecule has 0 atom stereocenters. The number of hydrogen-bond donors (Lipinski definition) is 2. The summed E-state index contributed by atoms with van der Waals surface area (Å²) in [6.45, 7) is 11.5. The molecule has 2 nitrogen and oxygen atoms in total. The van der Waals surface area contributed by atoms with Gasteiger partial charge in [0.05, 0.1) is 5.60 Å². The second-order valence-corrected chi connectivity index (χ2v) is 4.63. The predicted molar refractivity (Wildman–Crippen MR) is 67.1 cm³/mol. The van der Waals surface area contributed by atoms with E-state index in [-0.39, 0.29) is 5.54 Å². The van der Waals surface area contributed by atoms with Gasteiger partial charge >= 0.3 is 0 Å². The number of hydrogen-bond acceptors (Lipinski definition) is 2. The van der Waals surface area contributed by atoms with Crippen LogP contribution in [0.4, 0.5) is 0 Å². The molecule has 0 saturated heterocycles. The Kier molecular flexibility index (Phi) is 6.46. The summed E-state index contributed by atoms with van der Waals surface area (Å²) < 4.78 is 0. The average molecular weight is 215 g/mol. The van der Waals surface area contributed by atoms with Gasteiger partial charge < -0.3 is 10.4 Å². The molecule has 0 radical (unpaired) electrons. The maximum atomic E-state index is 10.2. The van der Waals surface area contributed by atoms with E-state index >= 15 is 0 Å². The molecular formula is C13H29NO. The molecule has 0 aliphatic carbocycles. The van der Waals surface area contributed by atoms with Crippen molar-refractivity contribution in [1.29, 1.82) is 0 Å². The maximum absolute atomic E-state index is 10.2. The van der Waals surface area contributed by atoms with E-state index in [0.717, 1.165) is 38.6 Å². The molecule has 0 amide bonds. The average Bonchev–Trinajstić information content (AvgIpc) is 2.31. The van der Waals surface area contributed by atoms with Gasteiger partial charge in [-0.25, -0.2) is 0 Å². The Bertz CT molecular complexity index is 152. The van der Waals surface area contributed by atoms with E-state index < -0.39 is 5.60 Å². The van der Waals surface area contributed by atoms with Crippen LogP contribution < -0.4 is 5.32 Å². The Morgan fingerprint density at radius 1 is 0.800 bits per heavy atom. The van der Waals surface area contributed by atoms with E-state index in [1.54, 1.807) is 0 Å². The molecule has 0 aliphatic rings. The fourth-order valence-corrected chi connectivity index (χ4v) is 1.98. The monoisotopic (exact) mass is 215 g/mol. The van der Waals surface area contributed by atoms with Crippen LogP contribution in [0.5, 0.6) is 0 Å². The molecule has 0 spiro atoms. The van der Waals surface area contributed by atoms with Gasteiger partial charge in [-0.05, 0) is 32.1 Å². The Morgan fingerprint density at radius 3 is 1.47 bits per heavy atom. The van der Waals surface area contributed by atoms with Crippen LogP contribution in [0.1, 0.15) is 66.7 Å². The number of β-amino-alcohol motifs (C(OH)–C–C–N with tert-alkyl or cyclic N) is 1. The molecular weight excluding hydrogens is 186 g/mol. The normalized spacial score (nSPS) is 13.2. The van der Waals surface area contributed by atoms with Crippen molar-refractivity contribution < 1.29 is 5.11 Å². The van der Waals surface area contributed by atoms with Gasteiger partial charge in [0.15, 0.2) is 0 Å². The van der Waals surface area contributed by atoms with Crippen molar-refractivity contribution in [1.82, 2.24) is 5.32 Å². The summed E-state index contributed by atoms with van der Waals surface area (Å²) in [5, 5.41) is 13.8. The number of aliphatic hydroxyl groups is 1. The van der Waals surface area contributed by atoms with E-state index in [2.05, 4.69) is 39.9 Å². The molecule has 0 saturated carbocycles. The summed E-state index contributed by atoms with van der Waals surface area (Å²) >= 11 is 0. The van der Waals surface area contributed by atoms with Gasteiger partial charge in [-0.1, -0.05) is 34.6 Å². The minimum absolute atomic E-state index is 0.221. The van der Waals surface area contributed by atoms with Crippen molar-refractivity contribution in [2.24, 2.45) is 0 Å². The van der Waals surface area contributed by atoms with Gasteiger partial charge in [0, 0.05) is 12.1 Å². The lowest BCUT2D eigenvalue weighted by atomic mass is 9.88. The molecule has 0 aliphatic heterocycles. The first-order valence-electron chi connectivity index (χ1n) is 6.48. The molecule has 0 unspecified atom stereocenters. The molecule has 92 valence electrons. The van der Waals surface area contributed by atoms with Gasteiger partial charge in [-0.2, -0.15) is 0 Å². The lowest BCUT2D eigenvalue weighted by molar-refractivity contribution is 0.0226. The van der Waals surface area contributed by atoms with Crippen molar-refractivity contribution in [2.45, 2.75) is 77.9 Å². The fraction of sp³-hybridized carbons (Fsp3) is 1.00. The quantitative estimate of drug-likeness (QED) is 0.652. The number of nitrogens with one attached hydrogen (secondary N) is 1. The lowest BCUT2D eigenvalue weighted by Gasteiger charge is -2.36. The van der Waals surface area contributed by atoms with Crippen LogP contribution >= 0.6 is 0 Å². The van der Waals surface area contributed by atoms with Crippen molar-refractivity contribution in [2.75, 3.05) is 6.54 Å². The summed E-state index contributed by atoms with van der Waals surface area (Å²) in [4.78, 5) is 0. The van der Waals surface area contributed by atoms with E-state index in [9.17, 15) is 5.11 Å². The zero-order chi connectivity index (χ0) is 11.9. The smallest absolute Gasteiger partial charge is 0.0766 e. The third-order valence-corrected chi connectivity index (χ3v) is 4.14. The Morgan fingerprint density at radius 2 is 1.20 bits per heavy atom. The first-order valence-corrected chi connectivity index (χ1v) is 6.48. The minimum Gasteiger partial charge on any atom is -0.389 e. The molecule has 15 heavy (non-hydrogen) atoms. The first-order chi connectivity index (χ1) is 7.01. The summed E-state index contributed by atoms with van der Waals surface area (Å²) in [5.74, 6) is 0. The van der Waals surface area contributed by atoms with Gasteiger partial charge in [0.25, 0.3) is 0 Å². The van der Waals surface area contributed by atoms with Crippen LogP contribution in [0.15, 0.2) is 0 Å². The van der Waals surface area contributed by atoms with Crippen LogP contribution in [-0.2, 0) is 0 Å². The molecule has 2 heteroatoms. The third-order valence-electron chi connectivity index (χ3n) is 4.14. The van der Waals surface area contributed by atoms with E-state index in [1.807, 2.05) is 0 Å². The van der Waals surface area contributed by atoms with Crippen molar-refractivity contribution in [3.8, 4) is 0 Å². The largest absolute Gasteiger partial charge is 0.389 e. The molecule has 0 rings (SSSR count). The van der Waals surface area contributed by atoms with Crippen LogP contribution in [0, 0.1) is 0 Å². The highest BCUT2D eigenvalue weighted by molar-refractivity contribution is 4.88. The molecule has 2 N–H and O–H groups in total. The molecule has 0 aromatic heterocycles. The van der Waals surface area contributed by atoms with Crippen LogP contribution in [-0.4, -0.2) is 22.8 Å².